The van der Waals surface area contributed by atoms with E-state index in [2.05, 4.69) is 32.0 Å². The van der Waals surface area contributed by atoms with E-state index in [1.165, 1.54) is 0 Å². The second kappa shape index (κ2) is 9.05. The first-order chi connectivity index (χ1) is 6.70. The minimum absolute atomic E-state index is 0.222. The fourth-order valence-corrected chi connectivity index (χ4v) is 1.09. The SMILES string of the molecule is C#CC(CC)NCCCOCC(C)C. The molecule has 0 heterocycles. The lowest BCUT2D eigenvalue weighted by Gasteiger charge is -2.11. The highest BCUT2D eigenvalue weighted by Gasteiger charge is 1.99. The van der Waals surface area contributed by atoms with E-state index in [-0.39, 0.29) is 6.04 Å². The zero-order valence-corrected chi connectivity index (χ0v) is 9.68. The fourth-order valence-electron chi connectivity index (χ4n) is 1.09. The summed E-state index contributed by atoms with van der Waals surface area (Å²) in [5.74, 6) is 3.33. The van der Waals surface area contributed by atoms with Crippen molar-refractivity contribution in [3.05, 3.63) is 0 Å². The van der Waals surface area contributed by atoms with E-state index in [0.717, 1.165) is 32.6 Å². The first-order valence-electron chi connectivity index (χ1n) is 5.48. The van der Waals surface area contributed by atoms with Crippen molar-refractivity contribution in [1.29, 1.82) is 0 Å². The second-order valence-corrected chi connectivity index (χ2v) is 3.90. The van der Waals surface area contributed by atoms with Gasteiger partial charge in [0, 0.05) is 13.2 Å². The lowest BCUT2D eigenvalue weighted by atomic mass is 10.2. The smallest absolute Gasteiger partial charge is 0.0684 e. The van der Waals surface area contributed by atoms with E-state index >= 15 is 0 Å². The summed E-state index contributed by atoms with van der Waals surface area (Å²) in [6.45, 7) is 9.03. The Kier molecular flexibility index (Phi) is 8.72. The zero-order chi connectivity index (χ0) is 10.8. The molecule has 2 heteroatoms. The van der Waals surface area contributed by atoms with Gasteiger partial charge in [-0.15, -0.1) is 6.42 Å². The molecule has 0 saturated heterocycles. The van der Waals surface area contributed by atoms with Crippen molar-refractivity contribution >= 4 is 0 Å². The lowest BCUT2D eigenvalue weighted by molar-refractivity contribution is 0.107. The molecule has 0 fully saturated rings. The molecule has 1 atom stereocenters. The van der Waals surface area contributed by atoms with E-state index in [9.17, 15) is 0 Å². The van der Waals surface area contributed by atoms with E-state index < -0.39 is 0 Å². The van der Waals surface area contributed by atoms with Crippen molar-refractivity contribution in [2.24, 2.45) is 5.92 Å². The Morgan fingerprint density at radius 2 is 2.14 bits per heavy atom. The number of nitrogens with one attached hydrogen (secondary N) is 1. The summed E-state index contributed by atoms with van der Waals surface area (Å²) in [4.78, 5) is 0. The highest BCUT2D eigenvalue weighted by atomic mass is 16.5. The van der Waals surface area contributed by atoms with Crippen LogP contribution in [0.1, 0.15) is 33.6 Å². The van der Waals surface area contributed by atoms with E-state index in [0.29, 0.717) is 5.92 Å². The van der Waals surface area contributed by atoms with Crippen molar-refractivity contribution in [2.45, 2.75) is 39.7 Å². The Labute approximate surface area is 88.4 Å². The Morgan fingerprint density at radius 1 is 1.43 bits per heavy atom. The molecule has 82 valence electrons. The van der Waals surface area contributed by atoms with Crippen LogP contribution in [-0.4, -0.2) is 25.8 Å². The molecule has 1 N–H and O–H groups in total. The summed E-state index contributed by atoms with van der Waals surface area (Å²) in [6.07, 6.45) is 7.34. The highest BCUT2D eigenvalue weighted by Crippen LogP contribution is 1.93. The Bertz CT molecular complexity index is 160. The summed E-state index contributed by atoms with van der Waals surface area (Å²) in [6, 6.07) is 0.222. The maximum absolute atomic E-state index is 5.45. The van der Waals surface area contributed by atoms with Gasteiger partial charge in [-0.25, -0.2) is 0 Å². The molecule has 0 amide bonds. The van der Waals surface area contributed by atoms with Gasteiger partial charge in [0.2, 0.25) is 0 Å². The van der Waals surface area contributed by atoms with Gasteiger partial charge < -0.3 is 10.1 Å². The third kappa shape index (κ3) is 8.10. The van der Waals surface area contributed by atoms with Crippen molar-refractivity contribution in [1.82, 2.24) is 5.32 Å². The zero-order valence-electron chi connectivity index (χ0n) is 9.68. The van der Waals surface area contributed by atoms with Gasteiger partial charge in [0.25, 0.3) is 0 Å². The molecule has 0 aromatic carbocycles. The van der Waals surface area contributed by atoms with Crippen LogP contribution in [0.4, 0.5) is 0 Å². The molecule has 0 rings (SSSR count). The molecule has 0 saturated carbocycles. The first kappa shape index (κ1) is 13.5. The summed E-state index contributed by atoms with van der Waals surface area (Å²) < 4.78 is 5.45. The number of rotatable bonds is 8. The average Bonchev–Trinajstić information content (AvgIpc) is 2.16. The summed E-state index contributed by atoms with van der Waals surface area (Å²) in [5, 5.41) is 3.29. The van der Waals surface area contributed by atoms with Gasteiger partial charge in [0.05, 0.1) is 6.04 Å². The van der Waals surface area contributed by atoms with E-state index in [4.69, 9.17) is 11.2 Å². The van der Waals surface area contributed by atoms with E-state index in [1.807, 2.05) is 0 Å². The normalized spacial score (nSPS) is 12.8. The molecule has 1 unspecified atom stereocenters. The summed E-state index contributed by atoms with van der Waals surface area (Å²) >= 11 is 0. The quantitative estimate of drug-likeness (QED) is 0.475. The molecular weight excluding hydrogens is 174 g/mol. The van der Waals surface area contributed by atoms with Gasteiger partial charge in [-0.1, -0.05) is 26.7 Å². The molecule has 0 spiro atoms. The van der Waals surface area contributed by atoms with Crippen LogP contribution < -0.4 is 5.32 Å². The topological polar surface area (TPSA) is 21.3 Å². The number of ether oxygens (including phenoxy) is 1. The van der Waals surface area contributed by atoms with E-state index in [1.54, 1.807) is 0 Å². The summed E-state index contributed by atoms with van der Waals surface area (Å²) in [7, 11) is 0. The molecule has 0 aromatic rings. The van der Waals surface area contributed by atoms with Crippen LogP contribution in [0.3, 0.4) is 0 Å². The monoisotopic (exact) mass is 197 g/mol. The highest BCUT2D eigenvalue weighted by molar-refractivity contribution is 4.97. The Hall–Kier alpha value is -0.520. The molecule has 0 aliphatic heterocycles. The molecule has 0 bridgehead atoms. The van der Waals surface area contributed by atoms with Crippen LogP contribution >= 0.6 is 0 Å². The van der Waals surface area contributed by atoms with Gasteiger partial charge >= 0.3 is 0 Å². The molecule has 2 nitrogen and oxygen atoms in total. The van der Waals surface area contributed by atoms with Crippen LogP contribution in [0, 0.1) is 18.3 Å². The maximum Gasteiger partial charge on any atom is 0.0684 e. The number of terminal acetylenes is 1. The van der Waals surface area contributed by atoms with Gasteiger partial charge in [0.15, 0.2) is 0 Å². The number of hydrogen-bond donors (Lipinski definition) is 1. The molecule has 0 aliphatic carbocycles. The predicted molar refractivity (Wildman–Crippen MR) is 61.2 cm³/mol. The Balaban J connectivity index is 3.17. The van der Waals surface area contributed by atoms with Gasteiger partial charge in [-0.3, -0.25) is 0 Å². The lowest BCUT2D eigenvalue weighted by Crippen LogP contribution is -2.28. The second-order valence-electron chi connectivity index (χ2n) is 3.90. The van der Waals surface area contributed by atoms with Crippen molar-refractivity contribution in [2.75, 3.05) is 19.8 Å². The minimum Gasteiger partial charge on any atom is -0.381 e. The van der Waals surface area contributed by atoms with Crippen molar-refractivity contribution in [3.8, 4) is 12.3 Å². The minimum atomic E-state index is 0.222. The first-order valence-corrected chi connectivity index (χ1v) is 5.48. The van der Waals surface area contributed by atoms with Gasteiger partial charge in [-0.05, 0) is 25.3 Å². The third-order valence-corrected chi connectivity index (χ3v) is 1.92. The molecule has 0 aromatic heterocycles. The molecule has 14 heavy (non-hydrogen) atoms. The van der Waals surface area contributed by atoms with Crippen LogP contribution in [0.5, 0.6) is 0 Å². The largest absolute Gasteiger partial charge is 0.381 e. The van der Waals surface area contributed by atoms with Crippen LogP contribution in [0.2, 0.25) is 0 Å². The van der Waals surface area contributed by atoms with Gasteiger partial charge in [-0.2, -0.15) is 0 Å². The van der Waals surface area contributed by atoms with Crippen LogP contribution in [0.15, 0.2) is 0 Å². The third-order valence-electron chi connectivity index (χ3n) is 1.92. The summed E-state index contributed by atoms with van der Waals surface area (Å²) in [5.41, 5.74) is 0. The number of hydrogen-bond acceptors (Lipinski definition) is 2. The van der Waals surface area contributed by atoms with Crippen molar-refractivity contribution in [3.63, 3.8) is 0 Å². The van der Waals surface area contributed by atoms with Gasteiger partial charge in [0.1, 0.15) is 0 Å². The maximum atomic E-state index is 5.45. The van der Waals surface area contributed by atoms with Crippen molar-refractivity contribution < 1.29 is 4.74 Å². The average molecular weight is 197 g/mol. The Morgan fingerprint density at radius 3 is 2.64 bits per heavy atom. The predicted octanol–water partition coefficient (Wildman–Crippen LogP) is 2.05. The molecular formula is C12H23NO. The van der Waals surface area contributed by atoms with Crippen LogP contribution in [0.25, 0.3) is 0 Å². The molecule has 0 radical (unpaired) electrons. The van der Waals surface area contributed by atoms with Crippen LogP contribution in [-0.2, 0) is 4.74 Å². The molecule has 0 aliphatic rings. The fraction of sp³-hybridized carbons (Fsp3) is 0.833. The standard InChI is InChI=1S/C12H23NO/c1-5-12(6-2)13-8-7-9-14-10-11(3)4/h1,11-13H,6-10H2,2-4H3.